The van der Waals surface area contributed by atoms with Gasteiger partial charge in [-0.1, -0.05) is 30.8 Å². The molecular formula is C25H23F3N4O4S. The fourth-order valence-corrected chi connectivity index (χ4v) is 4.60. The van der Waals surface area contributed by atoms with Crippen molar-refractivity contribution >= 4 is 34.3 Å². The first-order valence-electron chi connectivity index (χ1n) is 11.2. The van der Waals surface area contributed by atoms with E-state index in [1.54, 1.807) is 42.6 Å². The minimum Gasteiger partial charge on any atom is -0.493 e. The zero-order chi connectivity index (χ0) is 26.6. The van der Waals surface area contributed by atoms with E-state index in [0.29, 0.717) is 29.1 Å². The minimum atomic E-state index is -4.86. The lowest BCUT2D eigenvalue weighted by Crippen LogP contribution is -2.34. The molecule has 1 atom stereocenters. The van der Waals surface area contributed by atoms with Crippen LogP contribution in [0.1, 0.15) is 35.0 Å². The van der Waals surface area contributed by atoms with Crippen molar-refractivity contribution in [3.63, 3.8) is 0 Å². The number of anilines is 1. The highest BCUT2D eigenvalue weighted by molar-refractivity contribution is 8.14. The Morgan fingerprint density at radius 2 is 1.92 bits per heavy atom. The molecule has 1 aliphatic rings. The summed E-state index contributed by atoms with van der Waals surface area (Å²) in [6.07, 6.45) is -2.62. The Morgan fingerprint density at radius 3 is 2.54 bits per heavy atom. The number of amides is 2. The number of ether oxygens (including phenoxy) is 2. The maximum Gasteiger partial charge on any atom is 0.573 e. The van der Waals surface area contributed by atoms with Crippen LogP contribution in [-0.2, 0) is 6.54 Å². The molecule has 0 spiro atoms. The third-order valence-corrected chi connectivity index (χ3v) is 6.68. The number of H-pyrrole nitrogens is 1. The topological polar surface area (TPSA) is 96.0 Å². The standard InChI is InChI=1S/C25H23F3N4O4S/c1-3-21-22(16-8-11-19(20(13-16)35-2)36-25(26,27)28)31-32(24(34)37-21)14-15-6-9-17(10-7-15)30-23(33)18-5-4-12-29-18/h4-13,21,29H,3,14H2,1-2H3,(H,30,33). The number of alkyl halides is 3. The Kier molecular flexibility index (Phi) is 7.77. The molecule has 12 heteroatoms. The number of benzene rings is 2. The summed E-state index contributed by atoms with van der Waals surface area (Å²) in [5.41, 5.74) is 2.86. The highest BCUT2D eigenvalue weighted by Gasteiger charge is 2.34. The van der Waals surface area contributed by atoms with Gasteiger partial charge in [-0.15, -0.1) is 13.2 Å². The first-order chi connectivity index (χ1) is 17.7. The number of carbonyl (C=O) groups excluding carboxylic acids is 2. The van der Waals surface area contributed by atoms with Crippen LogP contribution in [0.25, 0.3) is 0 Å². The summed E-state index contributed by atoms with van der Waals surface area (Å²) >= 11 is 1.10. The zero-order valence-electron chi connectivity index (χ0n) is 19.8. The molecule has 2 amide bonds. The van der Waals surface area contributed by atoms with Crippen molar-refractivity contribution in [3.8, 4) is 11.5 Å². The average molecular weight is 533 g/mol. The molecule has 0 saturated heterocycles. The van der Waals surface area contributed by atoms with Gasteiger partial charge in [-0.3, -0.25) is 9.59 Å². The molecule has 2 heterocycles. The monoisotopic (exact) mass is 532 g/mol. The van der Waals surface area contributed by atoms with E-state index in [1.807, 2.05) is 6.92 Å². The van der Waals surface area contributed by atoms with Crippen LogP contribution >= 0.6 is 11.8 Å². The average Bonchev–Trinajstić information content (AvgIpc) is 3.41. The summed E-state index contributed by atoms with van der Waals surface area (Å²) in [6.45, 7) is 2.07. The molecule has 1 aliphatic heterocycles. The number of rotatable bonds is 8. The maximum atomic E-state index is 12.8. The number of hydrogen-bond donors (Lipinski definition) is 2. The van der Waals surface area contributed by atoms with Gasteiger partial charge < -0.3 is 19.8 Å². The number of thioether (sulfide) groups is 1. The van der Waals surface area contributed by atoms with Crippen LogP contribution in [0.15, 0.2) is 65.9 Å². The summed E-state index contributed by atoms with van der Waals surface area (Å²) in [5, 5.41) is 8.11. The van der Waals surface area contributed by atoms with Crippen LogP contribution in [0.5, 0.6) is 11.5 Å². The quantitative estimate of drug-likeness (QED) is 0.370. The van der Waals surface area contributed by atoms with Crippen LogP contribution < -0.4 is 14.8 Å². The number of halogens is 3. The Bertz CT molecular complexity index is 1290. The van der Waals surface area contributed by atoms with Crippen LogP contribution in [0.4, 0.5) is 23.7 Å². The summed E-state index contributed by atoms with van der Waals surface area (Å²) in [4.78, 5) is 27.8. The van der Waals surface area contributed by atoms with E-state index in [1.165, 1.54) is 30.3 Å². The third-order valence-electron chi connectivity index (χ3n) is 5.43. The van der Waals surface area contributed by atoms with Crippen molar-refractivity contribution in [2.24, 2.45) is 5.10 Å². The first-order valence-corrected chi connectivity index (χ1v) is 12.1. The molecular weight excluding hydrogens is 509 g/mol. The number of carbonyl (C=O) groups is 2. The predicted molar refractivity (Wildman–Crippen MR) is 134 cm³/mol. The summed E-state index contributed by atoms with van der Waals surface area (Å²) in [6, 6.07) is 14.4. The van der Waals surface area contributed by atoms with E-state index in [4.69, 9.17) is 4.74 Å². The third kappa shape index (κ3) is 6.45. The van der Waals surface area contributed by atoms with Crippen LogP contribution in [0.2, 0.25) is 0 Å². The maximum absolute atomic E-state index is 12.8. The van der Waals surface area contributed by atoms with E-state index in [9.17, 15) is 22.8 Å². The van der Waals surface area contributed by atoms with Gasteiger partial charge in [0.1, 0.15) is 5.69 Å². The lowest BCUT2D eigenvalue weighted by atomic mass is 10.0. The van der Waals surface area contributed by atoms with Gasteiger partial charge in [-0.2, -0.15) is 5.10 Å². The fraction of sp³-hybridized carbons (Fsp3) is 0.240. The van der Waals surface area contributed by atoms with E-state index in [0.717, 1.165) is 17.3 Å². The molecule has 2 aromatic carbocycles. The number of aromatic amines is 1. The van der Waals surface area contributed by atoms with Gasteiger partial charge in [0.15, 0.2) is 11.5 Å². The number of hydrogen-bond acceptors (Lipinski definition) is 6. The molecule has 0 bridgehead atoms. The molecule has 0 aliphatic carbocycles. The highest BCUT2D eigenvalue weighted by Crippen LogP contribution is 2.36. The molecule has 4 rings (SSSR count). The van der Waals surface area contributed by atoms with Crippen molar-refractivity contribution < 1.29 is 32.2 Å². The van der Waals surface area contributed by atoms with Gasteiger partial charge in [0.25, 0.3) is 5.91 Å². The smallest absolute Gasteiger partial charge is 0.493 e. The second kappa shape index (κ2) is 11.0. The fourth-order valence-electron chi connectivity index (χ4n) is 3.67. The lowest BCUT2D eigenvalue weighted by Gasteiger charge is -2.28. The van der Waals surface area contributed by atoms with Gasteiger partial charge >= 0.3 is 11.6 Å². The Hall–Kier alpha value is -3.93. The second-order valence-electron chi connectivity index (χ2n) is 7.97. The molecule has 0 radical (unpaired) electrons. The van der Waals surface area contributed by atoms with Crippen LogP contribution in [-0.4, -0.2) is 45.6 Å². The van der Waals surface area contributed by atoms with Gasteiger partial charge in [0.2, 0.25) is 0 Å². The lowest BCUT2D eigenvalue weighted by molar-refractivity contribution is -0.275. The van der Waals surface area contributed by atoms with E-state index in [-0.39, 0.29) is 28.7 Å². The Balaban J connectivity index is 1.53. The molecule has 1 unspecified atom stereocenters. The molecule has 1 aromatic heterocycles. The van der Waals surface area contributed by atoms with Crippen molar-refractivity contribution in [2.75, 3.05) is 12.4 Å². The Labute approximate surface area is 214 Å². The summed E-state index contributed by atoms with van der Waals surface area (Å²) < 4.78 is 47.3. The van der Waals surface area contributed by atoms with Crippen LogP contribution in [0.3, 0.4) is 0 Å². The molecule has 3 aromatic rings. The molecule has 8 nitrogen and oxygen atoms in total. The number of hydrazone groups is 1. The molecule has 37 heavy (non-hydrogen) atoms. The van der Waals surface area contributed by atoms with Gasteiger partial charge in [-0.05, 0) is 54.4 Å². The van der Waals surface area contributed by atoms with E-state index < -0.39 is 12.1 Å². The van der Waals surface area contributed by atoms with Crippen molar-refractivity contribution in [2.45, 2.75) is 31.5 Å². The van der Waals surface area contributed by atoms with E-state index in [2.05, 4.69) is 20.1 Å². The normalized spacial score (nSPS) is 15.8. The highest BCUT2D eigenvalue weighted by atomic mass is 32.2. The summed E-state index contributed by atoms with van der Waals surface area (Å²) in [7, 11) is 1.25. The molecule has 2 N–H and O–H groups in total. The minimum absolute atomic E-state index is 0.0992. The molecule has 0 fully saturated rings. The van der Waals surface area contributed by atoms with Crippen molar-refractivity contribution in [3.05, 3.63) is 77.6 Å². The number of aromatic nitrogens is 1. The van der Waals surface area contributed by atoms with E-state index >= 15 is 0 Å². The molecule has 0 saturated carbocycles. The SMILES string of the molecule is CCC1SC(=O)N(Cc2ccc(NC(=O)c3ccc[nH]3)cc2)N=C1c1ccc(OC(F)(F)F)c(OC)c1. The van der Waals surface area contributed by atoms with Crippen molar-refractivity contribution in [1.29, 1.82) is 0 Å². The van der Waals surface area contributed by atoms with Crippen LogP contribution in [0, 0.1) is 0 Å². The van der Waals surface area contributed by atoms with Crippen molar-refractivity contribution in [1.82, 2.24) is 9.99 Å². The summed E-state index contributed by atoms with van der Waals surface area (Å²) in [5.74, 6) is -0.840. The second-order valence-corrected chi connectivity index (χ2v) is 9.13. The number of nitrogens with zero attached hydrogens (tertiary/aromatic N) is 2. The Morgan fingerprint density at radius 1 is 1.16 bits per heavy atom. The number of methoxy groups -OCH3 is 1. The largest absolute Gasteiger partial charge is 0.573 e. The molecule has 194 valence electrons. The van der Waals surface area contributed by atoms with Gasteiger partial charge in [0, 0.05) is 17.4 Å². The van der Waals surface area contributed by atoms with Gasteiger partial charge in [-0.25, -0.2) is 5.01 Å². The zero-order valence-corrected chi connectivity index (χ0v) is 20.7. The first kappa shape index (κ1) is 26.1. The van der Waals surface area contributed by atoms with Gasteiger partial charge in [0.05, 0.1) is 24.6 Å². The number of nitrogens with one attached hydrogen (secondary N) is 2. The predicted octanol–water partition coefficient (Wildman–Crippen LogP) is 6.03.